The lowest BCUT2D eigenvalue weighted by Gasteiger charge is -2.21. The first-order valence-corrected chi connectivity index (χ1v) is 10.4. The van der Waals surface area contributed by atoms with Crippen molar-refractivity contribution in [2.45, 2.75) is 25.7 Å². The van der Waals surface area contributed by atoms with Gasteiger partial charge in [-0.3, -0.25) is 0 Å². The summed E-state index contributed by atoms with van der Waals surface area (Å²) in [5, 5.41) is 18.2. The molecule has 1 N–H and O–H groups in total. The van der Waals surface area contributed by atoms with E-state index in [-0.39, 0.29) is 0 Å². The molecular weight excluding hydrogens is 459 g/mol. The van der Waals surface area contributed by atoms with E-state index in [0.29, 0.717) is 5.92 Å². The number of hydrogen-bond donors (Lipinski definition) is 1. The lowest BCUT2D eigenvalue weighted by Crippen LogP contribution is -2.13. The summed E-state index contributed by atoms with van der Waals surface area (Å²) in [4.78, 5) is 5.25. The lowest BCUT2D eigenvalue weighted by molar-refractivity contribution is 0.0860. The quantitative estimate of drug-likeness (QED) is 0.547. The van der Waals surface area contributed by atoms with E-state index in [0.717, 1.165) is 61.9 Å². The van der Waals surface area contributed by atoms with Gasteiger partial charge in [0.2, 0.25) is 0 Å². The molecule has 0 saturated carbocycles. The molecule has 0 radical (unpaired) electrons. The van der Waals surface area contributed by atoms with Crippen molar-refractivity contribution in [1.29, 1.82) is 5.26 Å². The van der Waals surface area contributed by atoms with Crippen LogP contribution < -0.4 is 0 Å². The molecule has 0 amide bonds. The highest BCUT2D eigenvalue weighted by atomic mass is 127. The molecule has 7 heteroatoms. The zero-order valence-electron chi connectivity index (χ0n) is 14.3. The van der Waals surface area contributed by atoms with Gasteiger partial charge in [0, 0.05) is 27.2 Å². The van der Waals surface area contributed by atoms with E-state index in [9.17, 15) is 5.26 Å². The van der Waals surface area contributed by atoms with Gasteiger partial charge in [0.1, 0.15) is 12.4 Å². The molecule has 3 aromatic rings. The van der Waals surface area contributed by atoms with E-state index in [2.05, 4.69) is 69.0 Å². The Morgan fingerprint density at radius 2 is 2.15 bits per heavy atom. The molecule has 4 rings (SSSR count). The van der Waals surface area contributed by atoms with Crippen molar-refractivity contribution in [3.8, 4) is 27.9 Å². The Bertz CT molecular complexity index is 968. The van der Waals surface area contributed by atoms with Crippen molar-refractivity contribution in [1.82, 2.24) is 15.2 Å². The summed E-state index contributed by atoms with van der Waals surface area (Å²) in [6.45, 7) is 3.58. The fraction of sp³-hybridized carbons (Fsp3) is 0.316. The number of rotatable bonds is 3. The summed E-state index contributed by atoms with van der Waals surface area (Å²) in [7, 11) is 0. The summed E-state index contributed by atoms with van der Waals surface area (Å²) < 4.78 is 6.65. The number of nitrogens with zero attached hydrogens (tertiary/aromatic N) is 3. The number of aromatic nitrogens is 3. The largest absolute Gasteiger partial charge is 0.381 e. The molecule has 1 aromatic carbocycles. The zero-order valence-corrected chi connectivity index (χ0v) is 17.2. The zero-order chi connectivity index (χ0) is 18.1. The number of nitriles is 1. The van der Waals surface area contributed by atoms with Gasteiger partial charge in [0.05, 0.1) is 10.4 Å². The molecule has 0 atom stereocenters. The van der Waals surface area contributed by atoms with Crippen LogP contribution in [-0.4, -0.2) is 28.4 Å². The van der Waals surface area contributed by atoms with Crippen LogP contribution in [0.5, 0.6) is 0 Å². The predicted molar refractivity (Wildman–Crippen MR) is 110 cm³/mol. The molecule has 3 heterocycles. The summed E-state index contributed by atoms with van der Waals surface area (Å²) >= 11 is 4.02. The fourth-order valence-corrected chi connectivity index (χ4v) is 5.69. The first-order chi connectivity index (χ1) is 12.7. The second-order valence-electron chi connectivity index (χ2n) is 6.36. The van der Waals surface area contributed by atoms with E-state index in [1.807, 2.05) is 0 Å². The van der Waals surface area contributed by atoms with E-state index in [1.54, 1.807) is 17.7 Å². The molecule has 1 aliphatic rings. The Kier molecular flexibility index (Phi) is 5.07. The number of H-pyrrole nitrogens is 1. The van der Waals surface area contributed by atoms with Crippen molar-refractivity contribution >= 4 is 33.9 Å². The van der Waals surface area contributed by atoms with E-state index < -0.39 is 0 Å². The van der Waals surface area contributed by atoms with Crippen LogP contribution in [0.3, 0.4) is 0 Å². The second-order valence-corrected chi connectivity index (χ2v) is 8.58. The number of thiophene rings is 1. The van der Waals surface area contributed by atoms with Crippen LogP contribution in [0.15, 0.2) is 24.5 Å². The molecule has 0 spiro atoms. The highest BCUT2D eigenvalue weighted by Crippen LogP contribution is 2.47. The van der Waals surface area contributed by atoms with Gasteiger partial charge in [-0.2, -0.15) is 5.26 Å². The highest BCUT2D eigenvalue weighted by Gasteiger charge is 2.28. The number of nitrogens with one attached hydrogen (secondary N) is 1. The summed E-state index contributed by atoms with van der Waals surface area (Å²) in [5.41, 5.74) is 4.03. The minimum absolute atomic E-state index is 0.363. The van der Waals surface area contributed by atoms with Crippen LogP contribution in [0.4, 0.5) is 0 Å². The molecule has 132 valence electrons. The standard InChI is InChI=1S/C19H17IN4OS/c1-11-2-3-13(15(20)8-11)16-14(9-21)17(12-4-6-25-7-5-12)26-18(16)19-22-10-23-24-19/h2-3,8,10,12H,4-7H2,1H3,(H,22,23,24). The highest BCUT2D eigenvalue weighted by molar-refractivity contribution is 14.1. The Hall–Kier alpha value is -1.76. The summed E-state index contributed by atoms with van der Waals surface area (Å²) in [6, 6.07) is 8.83. The predicted octanol–water partition coefficient (Wildman–Crippen LogP) is 4.88. The molecule has 1 saturated heterocycles. The maximum atomic E-state index is 10.0. The first kappa shape index (κ1) is 17.6. The Morgan fingerprint density at radius 3 is 2.81 bits per heavy atom. The molecule has 26 heavy (non-hydrogen) atoms. The number of aromatic amines is 1. The average molecular weight is 476 g/mol. The van der Waals surface area contributed by atoms with Crippen molar-refractivity contribution in [2.24, 2.45) is 0 Å². The van der Waals surface area contributed by atoms with Gasteiger partial charge in [-0.05, 0) is 59.9 Å². The number of benzene rings is 1. The molecule has 2 aromatic heterocycles. The average Bonchev–Trinajstić information content (AvgIpc) is 3.30. The molecule has 5 nitrogen and oxygen atoms in total. The monoisotopic (exact) mass is 476 g/mol. The van der Waals surface area contributed by atoms with Gasteiger partial charge >= 0.3 is 0 Å². The summed E-state index contributed by atoms with van der Waals surface area (Å²) in [6.07, 6.45) is 3.49. The van der Waals surface area contributed by atoms with Crippen LogP contribution in [-0.2, 0) is 4.74 Å². The van der Waals surface area contributed by atoms with E-state index in [4.69, 9.17) is 4.74 Å². The molecule has 1 aliphatic heterocycles. The minimum atomic E-state index is 0.363. The normalized spacial score (nSPS) is 15.1. The topological polar surface area (TPSA) is 74.6 Å². The third kappa shape index (κ3) is 3.17. The Balaban J connectivity index is 1.95. The molecule has 1 fully saturated rings. The third-order valence-electron chi connectivity index (χ3n) is 4.67. The van der Waals surface area contributed by atoms with Gasteiger partial charge in [0.15, 0.2) is 5.82 Å². The van der Waals surface area contributed by atoms with Gasteiger partial charge in [0.25, 0.3) is 0 Å². The minimum Gasteiger partial charge on any atom is -0.381 e. The van der Waals surface area contributed by atoms with E-state index in [1.165, 1.54) is 5.56 Å². The van der Waals surface area contributed by atoms with E-state index >= 15 is 0 Å². The van der Waals surface area contributed by atoms with Gasteiger partial charge in [-0.15, -0.1) is 21.5 Å². The Morgan fingerprint density at radius 1 is 1.35 bits per heavy atom. The van der Waals surface area contributed by atoms with Crippen molar-refractivity contribution in [2.75, 3.05) is 13.2 Å². The maximum Gasteiger partial charge on any atom is 0.171 e. The number of ether oxygens (including phenoxy) is 1. The SMILES string of the molecule is Cc1ccc(-c2c(-c3nnc[nH]3)sc(C3CCOCC3)c2C#N)c(I)c1. The van der Waals surface area contributed by atoms with Crippen LogP contribution in [0, 0.1) is 21.8 Å². The first-order valence-electron chi connectivity index (χ1n) is 8.46. The lowest BCUT2D eigenvalue weighted by atomic mass is 9.92. The molecule has 0 bridgehead atoms. The van der Waals surface area contributed by atoms with Crippen LogP contribution in [0.1, 0.15) is 34.8 Å². The smallest absolute Gasteiger partial charge is 0.171 e. The fourth-order valence-electron chi connectivity index (χ4n) is 3.37. The summed E-state index contributed by atoms with van der Waals surface area (Å²) in [5.74, 6) is 1.08. The van der Waals surface area contributed by atoms with Crippen LogP contribution in [0.25, 0.3) is 21.8 Å². The number of hydrogen-bond acceptors (Lipinski definition) is 5. The van der Waals surface area contributed by atoms with Crippen molar-refractivity contribution in [3.63, 3.8) is 0 Å². The second kappa shape index (κ2) is 7.47. The third-order valence-corrected chi connectivity index (χ3v) is 6.92. The van der Waals surface area contributed by atoms with Crippen molar-refractivity contribution < 1.29 is 4.74 Å². The van der Waals surface area contributed by atoms with Crippen molar-refractivity contribution in [3.05, 3.63) is 44.1 Å². The number of halogens is 1. The number of aryl methyl sites for hydroxylation is 1. The Labute approximate surface area is 169 Å². The molecule has 0 aliphatic carbocycles. The van der Waals surface area contributed by atoms with Gasteiger partial charge < -0.3 is 9.72 Å². The maximum absolute atomic E-state index is 10.0. The van der Waals surface area contributed by atoms with Crippen LogP contribution in [0.2, 0.25) is 0 Å². The molecular formula is C19H17IN4OS. The van der Waals surface area contributed by atoms with Gasteiger partial charge in [-0.25, -0.2) is 0 Å². The van der Waals surface area contributed by atoms with Crippen LogP contribution >= 0.6 is 33.9 Å². The molecule has 0 unspecified atom stereocenters. The van der Waals surface area contributed by atoms with Gasteiger partial charge in [-0.1, -0.05) is 17.7 Å².